The molecule has 0 aliphatic carbocycles. The first-order valence-electron chi connectivity index (χ1n) is 12.7. The molecule has 1 fully saturated rings. The molecule has 1 aliphatic rings. The van der Waals surface area contributed by atoms with E-state index in [-0.39, 0.29) is 11.6 Å². The molecular formula is C27H30N8O3. The van der Waals surface area contributed by atoms with Crippen LogP contribution in [0.5, 0.6) is 0 Å². The van der Waals surface area contributed by atoms with Gasteiger partial charge in [-0.05, 0) is 38.1 Å². The highest BCUT2D eigenvalue weighted by Crippen LogP contribution is 2.33. The number of nitro benzene ring substituents is 1. The Morgan fingerprint density at radius 2 is 1.92 bits per heavy atom. The van der Waals surface area contributed by atoms with Crippen LogP contribution < -0.4 is 5.32 Å². The maximum atomic E-state index is 12.6. The molecule has 11 heteroatoms. The quantitative estimate of drug-likeness (QED) is 0.215. The fourth-order valence-electron chi connectivity index (χ4n) is 4.85. The molecule has 1 N–H and O–H groups in total. The Balaban J connectivity index is 1.20. The molecule has 3 aromatic heterocycles. The topological polar surface area (TPSA) is 122 Å². The molecule has 0 radical (unpaired) electrons. The minimum Gasteiger partial charge on any atom is -0.368 e. The number of piperazine rings is 1. The lowest BCUT2D eigenvalue weighted by Crippen LogP contribution is -2.49. The van der Waals surface area contributed by atoms with Gasteiger partial charge in [-0.25, -0.2) is 0 Å². The van der Waals surface area contributed by atoms with Crippen molar-refractivity contribution in [1.29, 1.82) is 0 Å². The Hall–Kier alpha value is -4.38. The normalized spacial score (nSPS) is 14.1. The summed E-state index contributed by atoms with van der Waals surface area (Å²) < 4.78 is 2.04. The molecule has 1 amide bonds. The number of aromatic nitrogens is 4. The van der Waals surface area contributed by atoms with E-state index in [1.165, 1.54) is 12.1 Å². The summed E-state index contributed by atoms with van der Waals surface area (Å²) >= 11 is 0. The van der Waals surface area contributed by atoms with E-state index in [0.29, 0.717) is 35.7 Å². The Labute approximate surface area is 220 Å². The van der Waals surface area contributed by atoms with E-state index in [2.05, 4.69) is 31.5 Å². The number of fused-ring (bicyclic) bond motifs is 1. The van der Waals surface area contributed by atoms with Crippen LogP contribution in [0.2, 0.25) is 0 Å². The summed E-state index contributed by atoms with van der Waals surface area (Å²) in [7, 11) is 1.96. The standard InChI is InChI=1S/C27H30N8O3/c1-19-16-23-25(32(19)2)24(20-6-3-8-22(17-20)35(37)38)30-31-26(23)29-10-5-11-33-12-14-34(15-13-33)27(36)21-7-4-9-28-18-21/h3-4,6-9,16-18H,5,10-15H2,1-2H3,(H,29,31). The highest BCUT2D eigenvalue weighted by Gasteiger charge is 2.22. The Bertz CT molecular complexity index is 1460. The number of carbonyl (C=O) groups excluding carboxylic acids is 1. The molecular weight excluding hydrogens is 484 g/mol. The predicted molar refractivity (Wildman–Crippen MR) is 145 cm³/mol. The van der Waals surface area contributed by atoms with Gasteiger partial charge in [0.15, 0.2) is 5.82 Å². The van der Waals surface area contributed by atoms with Crippen molar-refractivity contribution in [2.45, 2.75) is 13.3 Å². The molecule has 0 spiro atoms. The zero-order chi connectivity index (χ0) is 26.6. The maximum Gasteiger partial charge on any atom is 0.270 e. The summed E-state index contributed by atoms with van der Waals surface area (Å²) in [6.07, 6.45) is 4.20. The minimum atomic E-state index is -0.404. The number of hydrogen-bond acceptors (Lipinski definition) is 8. The van der Waals surface area contributed by atoms with Crippen LogP contribution in [-0.4, -0.2) is 79.6 Å². The molecule has 11 nitrogen and oxygen atoms in total. The highest BCUT2D eigenvalue weighted by molar-refractivity contribution is 5.99. The van der Waals surface area contributed by atoms with Gasteiger partial charge in [0.1, 0.15) is 5.69 Å². The molecule has 1 aliphatic heterocycles. The lowest BCUT2D eigenvalue weighted by atomic mass is 10.1. The first-order valence-corrected chi connectivity index (χ1v) is 12.7. The molecule has 0 saturated carbocycles. The van der Waals surface area contributed by atoms with Crippen LogP contribution in [0.4, 0.5) is 11.5 Å². The van der Waals surface area contributed by atoms with Crippen molar-refractivity contribution >= 4 is 28.3 Å². The van der Waals surface area contributed by atoms with E-state index in [1.54, 1.807) is 30.6 Å². The Kier molecular flexibility index (Phi) is 7.27. The number of amides is 1. The zero-order valence-electron chi connectivity index (χ0n) is 21.5. The van der Waals surface area contributed by atoms with Gasteiger partial charge in [0.2, 0.25) is 0 Å². The summed E-state index contributed by atoms with van der Waals surface area (Å²) in [5, 5.41) is 24.5. The molecule has 4 aromatic rings. The maximum absolute atomic E-state index is 12.6. The number of nitrogens with one attached hydrogen (secondary N) is 1. The van der Waals surface area contributed by atoms with Crippen molar-refractivity contribution in [3.05, 3.63) is 76.2 Å². The van der Waals surface area contributed by atoms with Crippen molar-refractivity contribution in [2.75, 3.05) is 44.6 Å². The number of non-ortho nitro benzene ring substituents is 1. The van der Waals surface area contributed by atoms with Gasteiger partial charge in [0.05, 0.1) is 16.0 Å². The third-order valence-electron chi connectivity index (χ3n) is 7.04. The fraction of sp³-hybridized carbons (Fsp3) is 0.333. The number of pyridine rings is 1. The molecule has 1 saturated heterocycles. The van der Waals surface area contributed by atoms with Gasteiger partial charge in [-0.15, -0.1) is 10.2 Å². The van der Waals surface area contributed by atoms with Crippen molar-refractivity contribution in [3.63, 3.8) is 0 Å². The molecule has 4 heterocycles. The highest BCUT2D eigenvalue weighted by atomic mass is 16.6. The van der Waals surface area contributed by atoms with Crippen LogP contribution in [0.3, 0.4) is 0 Å². The number of nitrogens with zero attached hydrogens (tertiary/aromatic N) is 7. The van der Waals surface area contributed by atoms with E-state index in [0.717, 1.165) is 49.2 Å². The second kappa shape index (κ2) is 10.9. The number of hydrogen-bond donors (Lipinski definition) is 1. The molecule has 1 aromatic carbocycles. The first-order chi connectivity index (χ1) is 18.4. The van der Waals surface area contributed by atoms with E-state index in [4.69, 9.17) is 0 Å². The number of aryl methyl sites for hydroxylation is 2. The average molecular weight is 515 g/mol. The molecule has 5 rings (SSSR count). The van der Waals surface area contributed by atoms with Crippen LogP contribution in [-0.2, 0) is 7.05 Å². The Morgan fingerprint density at radius 1 is 1.11 bits per heavy atom. The van der Waals surface area contributed by atoms with E-state index < -0.39 is 4.92 Å². The molecule has 0 atom stereocenters. The number of nitro groups is 1. The third-order valence-corrected chi connectivity index (χ3v) is 7.04. The second-order valence-electron chi connectivity index (χ2n) is 9.47. The molecule has 0 bridgehead atoms. The smallest absolute Gasteiger partial charge is 0.270 e. The van der Waals surface area contributed by atoms with Gasteiger partial charge < -0.3 is 14.8 Å². The van der Waals surface area contributed by atoms with Gasteiger partial charge in [0, 0.05) is 80.9 Å². The number of carbonyl (C=O) groups is 1. The molecule has 196 valence electrons. The summed E-state index contributed by atoms with van der Waals surface area (Å²) in [6.45, 7) is 6.74. The zero-order valence-corrected chi connectivity index (χ0v) is 21.5. The van der Waals surface area contributed by atoms with Crippen molar-refractivity contribution in [2.24, 2.45) is 7.05 Å². The minimum absolute atomic E-state index is 0.0212. The summed E-state index contributed by atoms with van der Waals surface area (Å²) in [5.41, 5.74) is 3.85. The van der Waals surface area contributed by atoms with E-state index in [1.807, 2.05) is 29.5 Å². The van der Waals surface area contributed by atoms with Crippen LogP contribution in [0.1, 0.15) is 22.5 Å². The van der Waals surface area contributed by atoms with E-state index >= 15 is 0 Å². The summed E-state index contributed by atoms with van der Waals surface area (Å²) in [5.74, 6) is 0.735. The third kappa shape index (κ3) is 5.18. The van der Waals surface area contributed by atoms with Gasteiger partial charge >= 0.3 is 0 Å². The second-order valence-corrected chi connectivity index (χ2v) is 9.47. The number of benzene rings is 1. The van der Waals surface area contributed by atoms with Gasteiger partial charge in [-0.3, -0.25) is 24.8 Å². The van der Waals surface area contributed by atoms with Crippen molar-refractivity contribution in [1.82, 2.24) is 29.5 Å². The van der Waals surface area contributed by atoms with Crippen LogP contribution in [0.25, 0.3) is 22.2 Å². The monoisotopic (exact) mass is 514 g/mol. The largest absolute Gasteiger partial charge is 0.368 e. The molecule has 0 unspecified atom stereocenters. The predicted octanol–water partition coefficient (Wildman–Crippen LogP) is 3.51. The molecule has 38 heavy (non-hydrogen) atoms. The number of rotatable bonds is 8. The Morgan fingerprint density at radius 3 is 2.66 bits per heavy atom. The first kappa shape index (κ1) is 25.3. The average Bonchev–Trinajstić information content (AvgIpc) is 3.25. The fourth-order valence-corrected chi connectivity index (χ4v) is 4.85. The summed E-state index contributed by atoms with van der Waals surface area (Å²) in [4.78, 5) is 31.8. The van der Waals surface area contributed by atoms with Gasteiger partial charge in [-0.2, -0.15) is 0 Å². The summed E-state index contributed by atoms with van der Waals surface area (Å²) in [6, 6.07) is 12.1. The lowest BCUT2D eigenvalue weighted by Gasteiger charge is -2.34. The van der Waals surface area contributed by atoms with Gasteiger partial charge in [-0.1, -0.05) is 12.1 Å². The lowest BCUT2D eigenvalue weighted by molar-refractivity contribution is -0.384. The van der Waals surface area contributed by atoms with Crippen LogP contribution in [0, 0.1) is 17.0 Å². The van der Waals surface area contributed by atoms with Crippen molar-refractivity contribution < 1.29 is 9.72 Å². The van der Waals surface area contributed by atoms with Gasteiger partial charge in [0.25, 0.3) is 11.6 Å². The van der Waals surface area contributed by atoms with Crippen LogP contribution in [0.15, 0.2) is 54.9 Å². The van der Waals surface area contributed by atoms with Crippen LogP contribution >= 0.6 is 0 Å². The number of anilines is 1. The van der Waals surface area contributed by atoms with Crippen molar-refractivity contribution in [3.8, 4) is 11.3 Å². The van der Waals surface area contributed by atoms with E-state index in [9.17, 15) is 14.9 Å². The SMILES string of the molecule is Cc1cc2c(NCCCN3CCN(C(=O)c4cccnc4)CC3)nnc(-c3cccc([N+](=O)[O-])c3)c2n1C.